The molecule has 1 aromatic rings. The zero-order valence-corrected chi connectivity index (χ0v) is 9.51. The van der Waals surface area contributed by atoms with Crippen LogP contribution in [0.1, 0.15) is 19.4 Å². The van der Waals surface area contributed by atoms with Gasteiger partial charge >= 0.3 is 0 Å². The minimum atomic E-state index is -0.237. The van der Waals surface area contributed by atoms with Crippen LogP contribution in [0.3, 0.4) is 0 Å². The van der Waals surface area contributed by atoms with Crippen molar-refractivity contribution in [1.82, 2.24) is 0 Å². The summed E-state index contributed by atoms with van der Waals surface area (Å²) >= 11 is 0. The Morgan fingerprint density at radius 3 is 2.60 bits per heavy atom. The predicted molar refractivity (Wildman–Crippen MR) is 59.5 cm³/mol. The van der Waals surface area contributed by atoms with E-state index in [1.165, 1.54) is 12.1 Å². The topological polar surface area (TPSA) is 35.2 Å². The first kappa shape index (κ1) is 12.0. The number of hydrogen-bond donors (Lipinski definition) is 1. The van der Waals surface area contributed by atoms with E-state index in [9.17, 15) is 4.39 Å². The highest BCUT2D eigenvalue weighted by Crippen LogP contribution is 2.27. The van der Waals surface area contributed by atoms with Gasteiger partial charge in [-0.05, 0) is 42.1 Å². The van der Waals surface area contributed by atoms with Crippen LogP contribution < -0.4 is 10.5 Å². The van der Waals surface area contributed by atoms with Crippen LogP contribution >= 0.6 is 0 Å². The molecular weight excluding hydrogens is 193 g/mol. The molecule has 3 heteroatoms. The van der Waals surface area contributed by atoms with Crippen LogP contribution in [0.4, 0.5) is 4.39 Å². The van der Waals surface area contributed by atoms with E-state index in [0.29, 0.717) is 13.0 Å². The molecule has 0 aliphatic carbocycles. The maximum absolute atomic E-state index is 13.1. The predicted octanol–water partition coefficient (Wildman–Crippen LogP) is 2.36. The Morgan fingerprint density at radius 1 is 1.40 bits per heavy atom. The first-order valence-electron chi connectivity index (χ1n) is 5.01. The van der Waals surface area contributed by atoms with Crippen LogP contribution in [0.2, 0.25) is 0 Å². The van der Waals surface area contributed by atoms with Crippen molar-refractivity contribution in [3.05, 3.63) is 29.6 Å². The van der Waals surface area contributed by atoms with Gasteiger partial charge in [0.2, 0.25) is 0 Å². The highest BCUT2D eigenvalue weighted by atomic mass is 19.1. The van der Waals surface area contributed by atoms with Crippen LogP contribution in [0.25, 0.3) is 0 Å². The lowest BCUT2D eigenvalue weighted by atomic mass is 9.85. The minimum absolute atomic E-state index is 0.0406. The van der Waals surface area contributed by atoms with E-state index in [-0.39, 0.29) is 11.2 Å². The van der Waals surface area contributed by atoms with Gasteiger partial charge in [0.15, 0.2) is 0 Å². The van der Waals surface area contributed by atoms with E-state index >= 15 is 0 Å². The first-order valence-corrected chi connectivity index (χ1v) is 5.01. The summed E-state index contributed by atoms with van der Waals surface area (Å²) in [6.07, 6.45) is 0.713. The van der Waals surface area contributed by atoms with E-state index in [1.54, 1.807) is 13.2 Å². The van der Waals surface area contributed by atoms with E-state index in [2.05, 4.69) is 13.8 Å². The van der Waals surface area contributed by atoms with Gasteiger partial charge in [-0.25, -0.2) is 4.39 Å². The Hall–Kier alpha value is -1.09. The number of rotatable bonds is 4. The standard InChI is InChI=1S/C12H18FNO/c1-12(2,8-14)7-9-6-10(13)4-5-11(9)15-3/h4-6H,7-8,14H2,1-3H3. The molecule has 0 saturated carbocycles. The van der Waals surface area contributed by atoms with Gasteiger partial charge in [-0.1, -0.05) is 13.8 Å². The molecule has 2 nitrogen and oxygen atoms in total. The monoisotopic (exact) mass is 211 g/mol. The van der Waals surface area contributed by atoms with E-state index in [1.807, 2.05) is 0 Å². The Bertz CT molecular complexity index is 336. The molecule has 0 aromatic heterocycles. The van der Waals surface area contributed by atoms with Crippen molar-refractivity contribution in [2.75, 3.05) is 13.7 Å². The smallest absolute Gasteiger partial charge is 0.123 e. The number of methoxy groups -OCH3 is 1. The molecule has 1 aromatic carbocycles. The van der Waals surface area contributed by atoms with Crippen LogP contribution in [0.15, 0.2) is 18.2 Å². The molecule has 0 heterocycles. The van der Waals surface area contributed by atoms with Crippen LogP contribution in [-0.4, -0.2) is 13.7 Å². The number of hydrogen-bond acceptors (Lipinski definition) is 2. The Morgan fingerprint density at radius 2 is 2.07 bits per heavy atom. The lowest BCUT2D eigenvalue weighted by molar-refractivity contribution is 0.358. The number of halogens is 1. The molecule has 1 rings (SSSR count). The third-order valence-electron chi connectivity index (χ3n) is 2.46. The molecule has 0 fully saturated rings. The minimum Gasteiger partial charge on any atom is -0.496 e. The second-order valence-electron chi connectivity index (χ2n) is 4.50. The molecule has 15 heavy (non-hydrogen) atoms. The van der Waals surface area contributed by atoms with Crippen molar-refractivity contribution in [3.63, 3.8) is 0 Å². The first-order chi connectivity index (χ1) is 6.98. The fourth-order valence-electron chi connectivity index (χ4n) is 1.47. The van der Waals surface area contributed by atoms with Crippen LogP contribution in [0.5, 0.6) is 5.75 Å². The molecule has 0 bridgehead atoms. The largest absolute Gasteiger partial charge is 0.496 e. The quantitative estimate of drug-likeness (QED) is 0.829. The van der Waals surface area contributed by atoms with Crippen molar-refractivity contribution in [3.8, 4) is 5.75 Å². The van der Waals surface area contributed by atoms with Crippen molar-refractivity contribution < 1.29 is 9.13 Å². The molecule has 0 radical (unpaired) electrons. The molecule has 84 valence electrons. The number of ether oxygens (including phenoxy) is 1. The molecule has 0 aliphatic rings. The van der Waals surface area contributed by atoms with Gasteiger partial charge in [-0.15, -0.1) is 0 Å². The zero-order chi connectivity index (χ0) is 11.5. The third kappa shape index (κ3) is 3.20. The van der Waals surface area contributed by atoms with Crippen molar-refractivity contribution in [2.45, 2.75) is 20.3 Å². The van der Waals surface area contributed by atoms with Crippen molar-refractivity contribution in [1.29, 1.82) is 0 Å². The summed E-state index contributed by atoms with van der Waals surface area (Å²) in [6, 6.07) is 4.56. The maximum atomic E-state index is 13.1. The lowest BCUT2D eigenvalue weighted by Gasteiger charge is -2.23. The Balaban J connectivity index is 2.97. The lowest BCUT2D eigenvalue weighted by Crippen LogP contribution is -2.26. The van der Waals surface area contributed by atoms with Crippen molar-refractivity contribution in [2.24, 2.45) is 11.1 Å². The fraction of sp³-hybridized carbons (Fsp3) is 0.500. The van der Waals surface area contributed by atoms with Gasteiger partial charge < -0.3 is 10.5 Å². The molecule has 0 unspecified atom stereocenters. The molecule has 0 amide bonds. The molecular formula is C12H18FNO. The Kier molecular flexibility index (Phi) is 3.69. The molecule has 0 spiro atoms. The molecule has 0 atom stereocenters. The summed E-state index contributed by atoms with van der Waals surface area (Å²) in [6.45, 7) is 4.67. The van der Waals surface area contributed by atoms with Gasteiger partial charge in [-0.3, -0.25) is 0 Å². The van der Waals surface area contributed by atoms with Crippen LogP contribution in [0, 0.1) is 11.2 Å². The summed E-state index contributed by atoms with van der Waals surface area (Å²) in [4.78, 5) is 0. The fourth-order valence-corrected chi connectivity index (χ4v) is 1.47. The maximum Gasteiger partial charge on any atom is 0.123 e. The van der Waals surface area contributed by atoms with Gasteiger partial charge in [-0.2, -0.15) is 0 Å². The van der Waals surface area contributed by atoms with E-state index in [4.69, 9.17) is 10.5 Å². The summed E-state index contributed by atoms with van der Waals surface area (Å²) in [7, 11) is 1.59. The number of nitrogens with two attached hydrogens (primary N) is 1. The van der Waals surface area contributed by atoms with Gasteiger partial charge in [0.1, 0.15) is 11.6 Å². The van der Waals surface area contributed by atoms with Crippen LogP contribution in [-0.2, 0) is 6.42 Å². The van der Waals surface area contributed by atoms with Gasteiger partial charge in [0.25, 0.3) is 0 Å². The molecule has 0 aliphatic heterocycles. The average molecular weight is 211 g/mol. The van der Waals surface area contributed by atoms with E-state index in [0.717, 1.165) is 11.3 Å². The zero-order valence-electron chi connectivity index (χ0n) is 9.51. The summed E-state index contributed by atoms with van der Waals surface area (Å²) in [5, 5.41) is 0. The number of benzene rings is 1. The summed E-state index contributed by atoms with van der Waals surface area (Å²) < 4.78 is 18.3. The van der Waals surface area contributed by atoms with E-state index < -0.39 is 0 Å². The molecule has 2 N–H and O–H groups in total. The summed E-state index contributed by atoms with van der Waals surface area (Å²) in [5.41, 5.74) is 6.48. The summed E-state index contributed by atoms with van der Waals surface area (Å²) in [5.74, 6) is 0.483. The highest BCUT2D eigenvalue weighted by molar-refractivity contribution is 5.34. The second-order valence-corrected chi connectivity index (χ2v) is 4.50. The SMILES string of the molecule is COc1ccc(F)cc1CC(C)(C)CN. The third-order valence-corrected chi connectivity index (χ3v) is 2.46. The average Bonchev–Trinajstić information content (AvgIpc) is 2.18. The van der Waals surface area contributed by atoms with Crippen molar-refractivity contribution >= 4 is 0 Å². The second kappa shape index (κ2) is 4.62. The Labute approximate surface area is 90.2 Å². The van der Waals surface area contributed by atoms with Gasteiger partial charge in [0, 0.05) is 0 Å². The highest BCUT2D eigenvalue weighted by Gasteiger charge is 2.18. The molecule has 0 saturated heterocycles. The van der Waals surface area contributed by atoms with Gasteiger partial charge in [0.05, 0.1) is 7.11 Å². The normalized spacial score (nSPS) is 11.5.